The molecule has 3 unspecified atom stereocenters. The zero-order valence-corrected chi connectivity index (χ0v) is 25.3. The number of hydrogen-bond donors (Lipinski definition) is 1. The molecule has 4 nitrogen and oxygen atoms in total. The van der Waals surface area contributed by atoms with Crippen molar-refractivity contribution >= 4 is 33.3 Å². The molecule has 1 heterocycles. The van der Waals surface area contributed by atoms with E-state index in [0.717, 1.165) is 32.0 Å². The van der Waals surface area contributed by atoms with Gasteiger partial charge in [-0.05, 0) is 73.2 Å². The fourth-order valence-electron chi connectivity index (χ4n) is 5.30. The predicted molar refractivity (Wildman–Crippen MR) is 168 cm³/mol. The van der Waals surface area contributed by atoms with Crippen LogP contribution in [0.4, 0.5) is 5.82 Å². The van der Waals surface area contributed by atoms with Crippen LogP contribution in [0, 0.1) is 17.8 Å². The molecule has 0 aliphatic heterocycles. The summed E-state index contributed by atoms with van der Waals surface area (Å²) < 4.78 is 5.89. The van der Waals surface area contributed by atoms with Crippen LogP contribution in [0.1, 0.15) is 86.0 Å². The van der Waals surface area contributed by atoms with Crippen LogP contribution in [0.3, 0.4) is 0 Å². The number of amides is 1. The van der Waals surface area contributed by atoms with Gasteiger partial charge in [-0.2, -0.15) is 4.37 Å². The monoisotopic (exact) mass is 537 g/mol. The van der Waals surface area contributed by atoms with Crippen molar-refractivity contribution in [3.05, 3.63) is 60.7 Å². The van der Waals surface area contributed by atoms with Gasteiger partial charge in [0.15, 0.2) is 0 Å². The molecule has 1 aromatic carbocycles. The van der Waals surface area contributed by atoms with Crippen LogP contribution in [-0.2, 0) is 4.79 Å². The maximum absolute atomic E-state index is 11.9. The zero-order chi connectivity index (χ0) is 27.6. The van der Waals surface area contributed by atoms with Crippen molar-refractivity contribution in [2.45, 2.75) is 86.0 Å². The van der Waals surface area contributed by atoms with Gasteiger partial charge in [0.2, 0.25) is 5.91 Å². The Bertz CT molecular complexity index is 1000. The summed E-state index contributed by atoms with van der Waals surface area (Å²) in [6.07, 6.45) is 22.0. The molecule has 1 aromatic heterocycles. The number of hydrogen-bond acceptors (Lipinski definition) is 4. The normalized spacial score (nSPS) is 20.4. The standard InChI is InChI=1S/C18H27NO.C13H18N2S.C2H6/c1-2-16-10-6-7-11-17(16)14-19-18(20)13-12-15-8-4-3-5-9-15;1-3-9-15(10-4-2)13-11-7-5-6-8-12(11)16-14-13;1-2/h3-5,8,12-13,15-17H,2,6-7,9-11,14H2,1H3,(H,19,20);5-8H,3-4,9-10H2,1-2H3;1-2H3/b13-12+;;. The second-order valence-electron chi connectivity index (χ2n) is 10.0. The van der Waals surface area contributed by atoms with Gasteiger partial charge in [-0.25, -0.2) is 0 Å². The summed E-state index contributed by atoms with van der Waals surface area (Å²) in [7, 11) is 0. The molecule has 1 amide bonds. The molecular formula is C33H51N3OS. The van der Waals surface area contributed by atoms with Crippen molar-refractivity contribution in [3.8, 4) is 0 Å². The van der Waals surface area contributed by atoms with Gasteiger partial charge in [-0.15, -0.1) is 0 Å². The molecule has 0 saturated heterocycles. The molecule has 0 spiro atoms. The Kier molecular flexibility index (Phi) is 15.7. The van der Waals surface area contributed by atoms with Gasteiger partial charge in [-0.3, -0.25) is 4.79 Å². The number of nitrogens with zero attached hydrogens (tertiary/aromatic N) is 2. The van der Waals surface area contributed by atoms with Gasteiger partial charge in [0.05, 0.1) is 4.70 Å². The van der Waals surface area contributed by atoms with E-state index < -0.39 is 0 Å². The molecular weight excluding hydrogens is 486 g/mol. The highest BCUT2D eigenvalue weighted by atomic mass is 32.1. The minimum atomic E-state index is 0.0633. The molecule has 2 aliphatic rings. The van der Waals surface area contributed by atoms with E-state index >= 15 is 0 Å². The number of fused-ring (bicyclic) bond motifs is 1. The Morgan fingerprint density at radius 2 is 1.76 bits per heavy atom. The van der Waals surface area contributed by atoms with E-state index in [1.54, 1.807) is 17.6 Å². The molecule has 38 heavy (non-hydrogen) atoms. The van der Waals surface area contributed by atoms with Crippen LogP contribution >= 0.6 is 11.5 Å². The minimum absolute atomic E-state index is 0.0633. The largest absolute Gasteiger partial charge is 0.355 e. The first-order valence-corrected chi connectivity index (χ1v) is 15.8. The van der Waals surface area contributed by atoms with E-state index in [-0.39, 0.29) is 5.91 Å². The third-order valence-electron chi connectivity index (χ3n) is 7.28. The van der Waals surface area contributed by atoms with Gasteiger partial charge in [0.25, 0.3) is 0 Å². The van der Waals surface area contributed by atoms with Crippen LogP contribution in [0.5, 0.6) is 0 Å². The molecule has 1 N–H and O–H groups in total. The molecule has 1 fully saturated rings. The number of aromatic nitrogens is 1. The van der Waals surface area contributed by atoms with E-state index in [0.29, 0.717) is 11.8 Å². The first-order valence-electron chi connectivity index (χ1n) is 15.0. The zero-order valence-electron chi connectivity index (χ0n) is 24.5. The van der Waals surface area contributed by atoms with Gasteiger partial charge in [-0.1, -0.05) is 103 Å². The number of benzene rings is 1. The average Bonchev–Trinajstić information content (AvgIpc) is 3.41. The summed E-state index contributed by atoms with van der Waals surface area (Å²) in [5, 5.41) is 4.39. The summed E-state index contributed by atoms with van der Waals surface area (Å²) >= 11 is 1.60. The lowest BCUT2D eigenvalue weighted by Crippen LogP contribution is -2.33. The van der Waals surface area contributed by atoms with Crippen LogP contribution < -0.4 is 10.2 Å². The quantitative estimate of drug-likeness (QED) is 0.308. The van der Waals surface area contributed by atoms with Crippen molar-refractivity contribution < 1.29 is 4.79 Å². The topological polar surface area (TPSA) is 45.2 Å². The molecule has 210 valence electrons. The Hall–Kier alpha value is -2.40. The third-order valence-corrected chi connectivity index (χ3v) is 8.10. The second-order valence-corrected chi connectivity index (χ2v) is 10.8. The Morgan fingerprint density at radius 3 is 2.42 bits per heavy atom. The number of nitrogens with one attached hydrogen (secondary N) is 1. The summed E-state index contributed by atoms with van der Waals surface area (Å²) in [5.74, 6) is 3.10. The first-order chi connectivity index (χ1) is 18.7. The van der Waals surface area contributed by atoms with Crippen molar-refractivity contribution in [2.75, 3.05) is 24.5 Å². The van der Waals surface area contributed by atoms with Crippen LogP contribution in [0.15, 0.2) is 60.7 Å². The first kappa shape index (κ1) is 31.8. The molecule has 5 heteroatoms. The number of anilines is 1. The fourth-order valence-corrected chi connectivity index (χ4v) is 6.09. The molecule has 0 bridgehead atoms. The molecule has 1 saturated carbocycles. The van der Waals surface area contributed by atoms with Crippen molar-refractivity contribution in [1.29, 1.82) is 0 Å². The van der Waals surface area contributed by atoms with Crippen molar-refractivity contribution in [2.24, 2.45) is 17.8 Å². The van der Waals surface area contributed by atoms with E-state index in [1.807, 2.05) is 26.0 Å². The predicted octanol–water partition coefficient (Wildman–Crippen LogP) is 8.96. The maximum atomic E-state index is 11.9. The Morgan fingerprint density at radius 1 is 1.05 bits per heavy atom. The van der Waals surface area contributed by atoms with Crippen LogP contribution in [-0.4, -0.2) is 29.9 Å². The number of allylic oxidation sites excluding steroid dienone is 5. The Balaban J connectivity index is 0.000000256. The smallest absolute Gasteiger partial charge is 0.243 e. The van der Waals surface area contributed by atoms with E-state index in [1.165, 1.54) is 60.8 Å². The molecule has 2 aliphatic carbocycles. The van der Waals surface area contributed by atoms with E-state index in [9.17, 15) is 4.79 Å². The third kappa shape index (κ3) is 10.4. The SMILES string of the molecule is CC.CCC1CCCCC1CNC(=O)/C=C/C1C=CC=CC1.CCCN(CCC)c1nsc2ccccc12. The summed E-state index contributed by atoms with van der Waals surface area (Å²) in [4.78, 5) is 14.3. The highest BCUT2D eigenvalue weighted by Gasteiger charge is 2.23. The minimum Gasteiger partial charge on any atom is -0.355 e. The lowest BCUT2D eigenvalue weighted by atomic mass is 9.78. The van der Waals surface area contributed by atoms with Crippen molar-refractivity contribution in [1.82, 2.24) is 9.69 Å². The molecule has 0 radical (unpaired) electrons. The second kappa shape index (κ2) is 18.8. The lowest BCUT2D eigenvalue weighted by molar-refractivity contribution is -0.116. The highest BCUT2D eigenvalue weighted by molar-refractivity contribution is 7.13. The molecule has 4 rings (SSSR count). The Labute approximate surface area is 236 Å². The van der Waals surface area contributed by atoms with Gasteiger partial charge in [0, 0.05) is 25.0 Å². The van der Waals surface area contributed by atoms with Crippen LogP contribution in [0.2, 0.25) is 0 Å². The number of carbonyl (C=O) groups is 1. The fraction of sp³-hybridized carbons (Fsp3) is 0.576. The molecule has 2 aromatic rings. The summed E-state index contributed by atoms with van der Waals surface area (Å²) in [6, 6.07) is 8.49. The lowest BCUT2D eigenvalue weighted by Gasteiger charge is -2.30. The number of carbonyl (C=O) groups excluding carboxylic acids is 1. The number of rotatable bonds is 10. The maximum Gasteiger partial charge on any atom is 0.243 e. The van der Waals surface area contributed by atoms with Crippen LogP contribution in [0.25, 0.3) is 10.1 Å². The van der Waals surface area contributed by atoms with Gasteiger partial charge >= 0.3 is 0 Å². The van der Waals surface area contributed by atoms with Crippen molar-refractivity contribution in [3.63, 3.8) is 0 Å². The van der Waals surface area contributed by atoms with E-state index in [4.69, 9.17) is 0 Å². The van der Waals surface area contributed by atoms with Gasteiger partial charge in [0.1, 0.15) is 5.82 Å². The molecule has 3 atom stereocenters. The highest BCUT2D eigenvalue weighted by Crippen LogP contribution is 2.32. The summed E-state index contributed by atoms with van der Waals surface area (Å²) in [6.45, 7) is 13.8. The average molecular weight is 538 g/mol. The summed E-state index contributed by atoms with van der Waals surface area (Å²) in [5.41, 5.74) is 0. The van der Waals surface area contributed by atoms with Gasteiger partial charge < -0.3 is 10.2 Å². The van der Waals surface area contributed by atoms with E-state index in [2.05, 4.69) is 77.9 Å².